The third kappa shape index (κ3) is 2.21. The molecule has 0 aliphatic rings. The van der Waals surface area contributed by atoms with E-state index in [0.717, 1.165) is 10.9 Å². The Morgan fingerprint density at radius 2 is 2.00 bits per heavy atom. The van der Waals surface area contributed by atoms with Crippen molar-refractivity contribution in [1.82, 2.24) is 10.3 Å². The highest BCUT2D eigenvalue weighted by atomic mass is 32.2. The molecule has 5 heteroatoms. The molecule has 2 N–H and O–H groups in total. The first kappa shape index (κ1) is 12.1. The van der Waals surface area contributed by atoms with Gasteiger partial charge in [0.2, 0.25) is 0 Å². The molecule has 1 heterocycles. The summed E-state index contributed by atoms with van der Waals surface area (Å²) in [6, 6.07) is 7.47. The molecule has 0 spiro atoms. The predicted molar refractivity (Wildman–Crippen MR) is 69.0 cm³/mol. The molecule has 0 aliphatic heterocycles. The fourth-order valence-corrected chi connectivity index (χ4v) is 3.70. The Kier molecular flexibility index (Phi) is 3.22. The van der Waals surface area contributed by atoms with Crippen LogP contribution in [0.25, 0.3) is 10.9 Å². The summed E-state index contributed by atoms with van der Waals surface area (Å²) in [6.07, 6.45) is 0. The van der Waals surface area contributed by atoms with Crippen LogP contribution in [0.15, 0.2) is 29.2 Å². The smallest absolute Gasteiger partial charge is 0.181 e. The van der Waals surface area contributed by atoms with Crippen LogP contribution in [-0.4, -0.2) is 32.7 Å². The first-order valence-corrected chi connectivity index (χ1v) is 7.16. The quantitative estimate of drug-likeness (QED) is 0.866. The number of hydrogen-bond acceptors (Lipinski definition) is 3. The summed E-state index contributed by atoms with van der Waals surface area (Å²) in [5.74, 6) is 0.117. The Bertz CT molecular complexity index is 629. The lowest BCUT2D eigenvalue weighted by atomic mass is 10.2. The number of hydrogen-bond donors (Lipinski definition) is 2. The lowest BCUT2D eigenvalue weighted by molar-refractivity contribution is 0.594. The average Bonchev–Trinajstić information content (AvgIpc) is 2.63. The molecule has 0 unspecified atom stereocenters. The molecule has 0 radical (unpaired) electrons. The van der Waals surface area contributed by atoms with Crippen molar-refractivity contribution in [3.05, 3.63) is 30.0 Å². The van der Waals surface area contributed by atoms with E-state index >= 15 is 0 Å². The minimum Gasteiger partial charge on any atom is -0.358 e. The Morgan fingerprint density at radius 1 is 1.29 bits per heavy atom. The van der Waals surface area contributed by atoms with E-state index in [1.165, 1.54) is 0 Å². The van der Waals surface area contributed by atoms with Crippen LogP contribution in [0.4, 0.5) is 0 Å². The van der Waals surface area contributed by atoms with Gasteiger partial charge in [-0.1, -0.05) is 18.2 Å². The van der Waals surface area contributed by atoms with Gasteiger partial charge >= 0.3 is 0 Å². The van der Waals surface area contributed by atoms with Crippen molar-refractivity contribution in [1.29, 1.82) is 0 Å². The highest BCUT2D eigenvalue weighted by Crippen LogP contribution is 2.26. The Hall–Kier alpha value is -1.33. The number of benzene rings is 1. The summed E-state index contributed by atoms with van der Waals surface area (Å²) in [7, 11) is -1.48. The molecule has 0 atom stereocenters. The van der Waals surface area contributed by atoms with Crippen LogP contribution in [0.2, 0.25) is 0 Å². The summed E-state index contributed by atoms with van der Waals surface area (Å²) in [5.41, 5.74) is 1.58. The molecule has 0 saturated carbocycles. The lowest BCUT2D eigenvalue weighted by Gasteiger charge is -2.04. The van der Waals surface area contributed by atoms with E-state index in [-0.39, 0.29) is 5.75 Å². The Balaban J connectivity index is 2.58. The van der Waals surface area contributed by atoms with Crippen molar-refractivity contribution in [3.63, 3.8) is 0 Å². The van der Waals surface area contributed by atoms with Crippen LogP contribution in [0.5, 0.6) is 0 Å². The van der Waals surface area contributed by atoms with E-state index in [4.69, 9.17) is 0 Å². The molecule has 0 amide bonds. The monoisotopic (exact) mass is 252 g/mol. The van der Waals surface area contributed by atoms with E-state index in [2.05, 4.69) is 10.3 Å². The number of aryl methyl sites for hydroxylation is 1. The zero-order chi connectivity index (χ0) is 12.5. The van der Waals surface area contributed by atoms with Crippen LogP contribution >= 0.6 is 0 Å². The molecule has 0 aliphatic carbocycles. The first-order valence-electron chi connectivity index (χ1n) is 5.51. The molecule has 2 rings (SSSR count). The molecule has 2 aromatic rings. The van der Waals surface area contributed by atoms with Crippen molar-refractivity contribution in [2.45, 2.75) is 11.8 Å². The van der Waals surface area contributed by atoms with E-state index < -0.39 is 9.84 Å². The molecule has 4 nitrogen and oxygen atoms in total. The van der Waals surface area contributed by atoms with Crippen LogP contribution in [-0.2, 0) is 9.84 Å². The van der Waals surface area contributed by atoms with Gasteiger partial charge in [-0.15, -0.1) is 0 Å². The average molecular weight is 252 g/mol. The topological polar surface area (TPSA) is 62.0 Å². The summed E-state index contributed by atoms with van der Waals surface area (Å²) >= 11 is 0. The summed E-state index contributed by atoms with van der Waals surface area (Å²) in [6.45, 7) is 2.26. The fourth-order valence-electron chi connectivity index (χ4n) is 1.99. The van der Waals surface area contributed by atoms with Crippen molar-refractivity contribution in [3.8, 4) is 0 Å². The molecule has 0 saturated heterocycles. The summed E-state index contributed by atoms with van der Waals surface area (Å²) in [5, 5.41) is 3.64. The SMILES string of the molecule is CNCCS(=O)(=O)c1c(C)[nH]c2ccccc12. The number of aromatic nitrogens is 1. The van der Waals surface area contributed by atoms with E-state index in [9.17, 15) is 8.42 Å². The maximum atomic E-state index is 12.2. The number of fused-ring (bicyclic) bond motifs is 1. The van der Waals surface area contributed by atoms with Crippen molar-refractivity contribution in [2.24, 2.45) is 0 Å². The molecule has 92 valence electrons. The van der Waals surface area contributed by atoms with Crippen molar-refractivity contribution in [2.75, 3.05) is 19.3 Å². The highest BCUT2D eigenvalue weighted by Gasteiger charge is 2.21. The van der Waals surface area contributed by atoms with Crippen LogP contribution in [0.1, 0.15) is 5.69 Å². The Morgan fingerprint density at radius 3 is 2.71 bits per heavy atom. The molecular formula is C12H16N2O2S. The number of H-pyrrole nitrogens is 1. The maximum absolute atomic E-state index is 12.2. The van der Waals surface area contributed by atoms with Crippen LogP contribution in [0.3, 0.4) is 0 Å². The second kappa shape index (κ2) is 4.50. The van der Waals surface area contributed by atoms with Gasteiger partial charge in [-0.3, -0.25) is 0 Å². The minimum absolute atomic E-state index is 0.117. The largest absolute Gasteiger partial charge is 0.358 e. The maximum Gasteiger partial charge on any atom is 0.181 e. The van der Waals surface area contributed by atoms with Gasteiger partial charge in [-0.05, 0) is 20.0 Å². The summed E-state index contributed by atoms with van der Waals surface area (Å²) in [4.78, 5) is 3.54. The van der Waals surface area contributed by atoms with Gasteiger partial charge in [-0.2, -0.15) is 0 Å². The second-order valence-corrected chi connectivity index (χ2v) is 6.09. The number of rotatable bonds is 4. The molecule has 0 bridgehead atoms. The van der Waals surface area contributed by atoms with E-state index in [1.807, 2.05) is 24.3 Å². The van der Waals surface area contributed by atoms with E-state index in [1.54, 1.807) is 14.0 Å². The van der Waals surface area contributed by atoms with Gasteiger partial charge in [0.25, 0.3) is 0 Å². The standard InChI is InChI=1S/C12H16N2O2S/c1-9-12(17(15,16)8-7-13-2)10-5-3-4-6-11(10)14-9/h3-6,13-14H,7-8H2,1-2H3. The third-order valence-electron chi connectivity index (χ3n) is 2.77. The van der Waals surface area contributed by atoms with E-state index in [0.29, 0.717) is 17.1 Å². The second-order valence-electron chi connectivity index (χ2n) is 4.05. The van der Waals surface area contributed by atoms with Gasteiger partial charge in [0, 0.05) is 23.1 Å². The van der Waals surface area contributed by atoms with Gasteiger partial charge in [0.05, 0.1) is 10.6 Å². The number of nitrogens with one attached hydrogen (secondary N) is 2. The molecule has 1 aromatic carbocycles. The van der Waals surface area contributed by atoms with Gasteiger partial charge < -0.3 is 10.3 Å². The zero-order valence-corrected chi connectivity index (χ0v) is 10.8. The minimum atomic E-state index is -3.23. The van der Waals surface area contributed by atoms with Crippen molar-refractivity contribution < 1.29 is 8.42 Å². The van der Waals surface area contributed by atoms with Crippen LogP contribution in [0, 0.1) is 6.92 Å². The van der Waals surface area contributed by atoms with Crippen LogP contribution < -0.4 is 5.32 Å². The van der Waals surface area contributed by atoms with Gasteiger partial charge in [-0.25, -0.2) is 8.42 Å². The molecule has 17 heavy (non-hydrogen) atoms. The lowest BCUT2D eigenvalue weighted by Crippen LogP contribution is -2.19. The zero-order valence-electron chi connectivity index (χ0n) is 9.95. The molecule has 1 aromatic heterocycles. The number of aromatic amines is 1. The third-order valence-corrected chi connectivity index (χ3v) is 4.66. The first-order chi connectivity index (χ1) is 8.06. The van der Waals surface area contributed by atoms with Gasteiger partial charge in [0.1, 0.15) is 0 Å². The fraction of sp³-hybridized carbons (Fsp3) is 0.333. The highest BCUT2D eigenvalue weighted by molar-refractivity contribution is 7.91. The Labute approximate surface area is 101 Å². The predicted octanol–water partition coefficient (Wildman–Crippen LogP) is 1.47. The normalized spacial score (nSPS) is 12.1. The number of sulfone groups is 1. The van der Waals surface area contributed by atoms with Gasteiger partial charge in [0.15, 0.2) is 9.84 Å². The van der Waals surface area contributed by atoms with Crippen molar-refractivity contribution >= 4 is 20.7 Å². The molecule has 0 fully saturated rings. The number of para-hydroxylation sites is 1. The molecular weight excluding hydrogens is 236 g/mol. The summed E-state index contributed by atoms with van der Waals surface area (Å²) < 4.78 is 24.5.